The lowest BCUT2D eigenvalue weighted by Crippen LogP contribution is -2.28. The van der Waals surface area contributed by atoms with Crippen LogP contribution in [0.4, 0.5) is 0 Å². The van der Waals surface area contributed by atoms with Crippen LogP contribution in [0.5, 0.6) is 0 Å². The summed E-state index contributed by atoms with van der Waals surface area (Å²) in [4.78, 5) is 51.1. The molecule has 4 aromatic rings. The Morgan fingerprint density at radius 3 is 2.39 bits per heavy atom. The summed E-state index contributed by atoms with van der Waals surface area (Å²) in [6, 6.07) is 15.7. The molecule has 184 valence electrons. The largest absolute Gasteiger partial charge is 0.464 e. The topological polar surface area (TPSA) is 100 Å². The minimum atomic E-state index is -0.662. The van der Waals surface area contributed by atoms with Gasteiger partial charge in [0.25, 0.3) is 5.56 Å². The van der Waals surface area contributed by atoms with Crippen LogP contribution < -0.4 is 5.56 Å². The Balaban J connectivity index is 2.02. The van der Waals surface area contributed by atoms with Gasteiger partial charge in [0.05, 0.1) is 25.0 Å². The van der Waals surface area contributed by atoms with Crippen LogP contribution in [0.2, 0.25) is 5.02 Å². The molecule has 9 heteroatoms. The molecule has 0 atom stereocenters. The minimum absolute atomic E-state index is 0.0787. The Bertz CT molecular complexity index is 1550. The molecular weight excluding hydrogens is 482 g/mol. The molecule has 2 heterocycles. The number of hydrogen-bond acceptors (Lipinski definition) is 6. The van der Waals surface area contributed by atoms with Crippen molar-refractivity contribution in [1.29, 1.82) is 0 Å². The van der Waals surface area contributed by atoms with Gasteiger partial charge in [0.1, 0.15) is 12.2 Å². The molecule has 0 fully saturated rings. The molecule has 36 heavy (non-hydrogen) atoms. The average molecular weight is 506 g/mol. The highest BCUT2D eigenvalue weighted by Gasteiger charge is 2.24. The van der Waals surface area contributed by atoms with Crippen LogP contribution in [0, 0.1) is 0 Å². The minimum Gasteiger partial charge on any atom is -0.464 e. The molecule has 2 aromatic carbocycles. The third-order valence-electron chi connectivity index (χ3n) is 5.80. The second-order valence-corrected chi connectivity index (χ2v) is 8.76. The summed E-state index contributed by atoms with van der Waals surface area (Å²) in [5.41, 5.74) is 1.60. The molecule has 0 aliphatic carbocycles. The van der Waals surface area contributed by atoms with Crippen LogP contribution in [0.3, 0.4) is 0 Å². The van der Waals surface area contributed by atoms with Crippen molar-refractivity contribution in [1.82, 2.24) is 14.3 Å². The van der Waals surface area contributed by atoms with Crippen LogP contribution in [-0.4, -0.2) is 39.0 Å². The Kier molecular flexibility index (Phi) is 7.17. The number of benzene rings is 2. The number of fused-ring (bicyclic) bond motifs is 1. The van der Waals surface area contributed by atoms with Gasteiger partial charge in [-0.15, -0.1) is 0 Å². The lowest BCUT2D eigenvalue weighted by Gasteiger charge is -2.19. The van der Waals surface area contributed by atoms with Crippen molar-refractivity contribution in [3.63, 3.8) is 0 Å². The van der Waals surface area contributed by atoms with Crippen LogP contribution in [0.25, 0.3) is 21.9 Å². The normalized spacial score (nSPS) is 11.0. The maximum Gasteiger partial charge on any atom is 0.356 e. The summed E-state index contributed by atoms with van der Waals surface area (Å²) in [5.74, 6) is -1.10. The number of halogens is 1. The van der Waals surface area contributed by atoms with E-state index in [2.05, 4.69) is 5.10 Å². The summed E-state index contributed by atoms with van der Waals surface area (Å²) in [5, 5.41) is 5.79. The summed E-state index contributed by atoms with van der Waals surface area (Å²) >= 11 is 6.29. The third-order valence-corrected chi connectivity index (χ3v) is 6.03. The van der Waals surface area contributed by atoms with E-state index in [1.54, 1.807) is 25.1 Å². The van der Waals surface area contributed by atoms with E-state index >= 15 is 0 Å². The molecule has 0 aliphatic rings. The summed E-state index contributed by atoms with van der Waals surface area (Å²) < 4.78 is 7.45. The fraction of sp³-hybridized carbons (Fsp3) is 0.222. The number of esters is 1. The van der Waals surface area contributed by atoms with E-state index in [1.165, 1.54) is 29.3 Å². The number of ketones is 2. The average Bonchev–Trinajstić information content (AvgIpc) is 3.26. The highest BCUT2D eigenvalue weighted by atomic mass is 35.5. The summed E-state index contributed by atoms with van der Waals surface area (Å²) in [6.45, 7) is 2.88. The first-order chi connectivity index (χ1) is 17.2. The van der Waals surface area contributed by atoms with Gasteiger partial charge >= 0.3 is 5.97 Å². The molecule has 0 radical (unpaired) electrons. The molecule has 0 amide bonds. The summed E-state index contributed by atoms with van der Waals surface area (Å²) in [7, 11) is 1.23. The highest BCUT2D eigenvalue weighted by molar-refractivity contribution is 6.31. The van der Waals surface area contributed by atoms with Crippen LogP contribution in [-0.2, 0) is 22.6 Å². The van der Waals surface area contributed by atoms with Crippen molar-refractivity contribution in [2.75, 3.05) is 7.11 Å². The number of nitrogens with zero attached hydrogens (tertiary/aromatic N) is 3. The Morgan fingerprint density at radius 2 is 1.75 bits per heavy atom. The second-order valence-electron chi connectivity index (χ2n) is 8.32. The van der Waals surface area contributed by atoms with E-state index in [9.17, 15) is 19.2 Å². The zero-order valence-corrected chi connectivity index (χ0v) is 20.8. The number of aromatic nitrogens is 3. The third kappa shape index (κ3) is 4.72. The quantitative estimate of drug-likeness (QED) is 0.257. The predicted molar refractivity (Wildman–Crippen MR) is 137 cm³/mol. The van der Waals surface area contributed by atoms with Gasteiger partial charge in [-0.1, -0.05) is 48.9 Å². The van der Waals surface area contributed by atoms with E-state index in [-0.39, 0.29) is 48.0 Å². The first kappa shape index (κ1) is 25.1. The molecule has 0 unspecified atom stereocenters. The van der Waals surface area contributed by atoms with Gasteiger partial charge in [0.2, 0.25) is 0 Å². The van der Waals surface area contributed by atoms with Gasteiger partial charge < -0.3 is 4.74 Å². The molecule has 4 rings (SSSR count). The standard InChI is InChI=1S/C27H24ClN3O5/c1-4-23(33)25-24(17-8-6-5-7-9-17)21-12-18(28)10-11-20(21)26(34)30(25)15-19-13-22(27(35)36-3)31(29-19)14-16(2)32/h5-13H,4,14-15H2,1-3H3. The lowest BCUT2D eigenvalue weighted by molar-refractivity contribution is -0.117. The lowest BCUT2D eigenvalue weighted by atomic mass is 9.94. The Hall–Kier alpha value is -4.04. The predicted octanol–water partition coefficient (Wildman–Crippen LogP) is 4.54. The number of carbonyl (C=O) groups is 3. The SMILES string of the molecule is CCC(=O)c1c(-c2ccccc2)c2cc(Cl)ccc2c(=O)n1Cc1cc(C(=O)OC)n(CC(C)=O)n1. The molecule has 0 saturated carbocycles. The van der Waals surface area contributed by atoms with Crippen molar-refractivity contribution in [3.05, 3.63) is 87.1 Å². The zero-order chi connectivity index (χ0) is 26.0. The fourth-order valence-corrected chi connectivity index (χ4v) is 4.41. The highest BCUT2D eigenvalue weighted by Crippen LogP contribution is 2.33. The Labute approximate surface area is 212 Å². The molecule has 0 spiro atoms. The monoisotopic (exact) mass is 505 g/mol. The van der Waals surface area contributed by atoms with E-state index in [0.29, 0.717) is 27.1 Å². The number of ether oxygens (including phenoxy) is 1. The second kappa shape index (κ2) is 10.3. The number of rotatable bonds is 8. The maximum absolute atomic E-state index is 13.7. The molecule has 2 aromatic heterocycles. The molecular formula is C27H24ClN3O5. The van der Waals surface area contributed by atoms with E-state index in [0.717, 1.165) is 5.56 Å². The first-order valence-electron chi connectivity index (χ1n) is 11.3. The van der Waals surface area contributed by atoms with Gasteiger partial charge in [-0.2, -0.15) is 5.10 Å². The van der Waals surface area contributed by atoms with Crippen molar-refractivity contribution >= 4 is 39.9 Å². The van der Waals surface area contributed by atoms with Gasteiger partial charge in [-0.25, -0.2) is 4.79 Å². The van der Waals surface area contributed by atoms with E-state index in [4.69, 9.17) is 16.3 Å². The number of pyridine rings is 1. The number of Topliss-reactive ketones (excluding diaryl/α,β-unsaturated/α-hetero) is 2. The van der Waals surface area contributed by atoms with Gasteiger partial charge in [-0.05, 0) is 42.1 Å². The smallest absolute Gasteiger partial charge is 0.356 e. The molecule has 0 N–H and O–H groups in total. The van der Waals surface area contributed by atoms with E-state index in [1.807, 2.05) is 30.3 Å². The van der Waals surface area contributed by atoms with Gasteiger partial charge in [-0.3, -0.25) is 23.6 Å². The van der Waals surface area contributed by atoms with Crippen LogP contribution in [0.15, 0.2) is 59.4 Å². The number of methoxy groups -OCH3 is 1. The zero-order valence-electron chi connectivity index (χ0n) is 20.1. The first-order valence-corrected chi connectivity index (χ1v) is 11.7. The molecule has 0 bridgehead atoms. The van der Waals surface area contributed by atoms with Crippen molar-refractivity contribution in [3.8, 4) is 11.1 Å². The van der Waals surface area contributed by atoms with Crippen molar-refractivity contribution < 1.29 is 19.1 Å². The van der Waals surface area contributed by atoms with E-state index < -0.39 is 5.97 Å². The molecule has 0 saturated heterocycles. The van der Waals surface area contributed by atoms with Gasteiger partial charge in [0.15, 0.2) is 11.6 Å². The Morgan fingerprint density at radius 1 is 1.03 bits per heavy atom. The van der Waals surface area contributed by atoms with Crippen LogP contribution in [0.1, 0.15) is 46.9 Å². The van der Waals surface area contributed by atoms with Crippen molar-refractivity contribution in [2.45, 2.75) is 33.4 Å². The molecule has 0 aliphatic heterocycles. The summed E-state index contributed by atoms with van der Waals surface area (Å²) in [6.07, 6.45) is 0.164. The number of carbonyl (C=O) groups excluding carboxylic acids is 3. The fourth-order valence-electron chi connectivity index (χ4n) is 4.23. The van der Waals surface area contributed by atoms with Crippen LogP contribution >= 0.6 is 11.6 Å². The number of hydrogen-bond donors (Lipinski definition) is 0. The maximum atomic E-state index is 13.7. The van der Waals surface area contributed by atoms with Gasteiger partial charge in [0, 0.05) is 22.4 Å². The molecule has 8 nitrogen and oxygen atoms in total. The van der Waals surface area contributed by atoms with Crippen molar-refractivity contribution in [2.24, 2.45) is 0 Å².